The van der Waals surface area contributed by atoms with Crippen LogP contribution in [-0.2, 0) is 21.2 Å². The molecule has 3 unspecified atom stereocenters. The van der Waals surface area contributed by atoms with Gasteiger partial charge in [0.1, 0.15) is 11.2 Å². The van der Waals surface area contributed by atoms with E-state index in [-0.39, 0.29) is 6.42 Å². The fourth-order valence-electron chi connectivity index (χ4n) is 5.30. The standard InChI is InChI=1S/C25H16Cl2F4N2O2/c26-13-3-1-2-12(8-13)19-11-21(34)33-22(16-10-15(28)5-7-17(16)25(29,30)31)24(19)18-6-4-14(27)9-20(18)32-23(24)35/h1-10,19,22H,11H2,(H,32,35)(H,33,34). The Bertz CT molecular complexity index is 1380. The molecule has 0 saturated carbocycles. The van der Waals surface area contributed by atoms with E-state index in [9.17, 15) is 27.2 Å². The van der Waals surface area contributed by atoms with Gasteiger partial charge in [0.2, 0.25) is 11.8 Å². The summed E-state index contributed by atoms with van der Waals surface area (Å²) in [7, 11) is 0. The van der Waals surface area contributed by atoms with Crippen molar-refractivity contribution in [1.82, 2.24) is 5.32 Å². The second kappa shape index (κ2) is 8.24. The van der Waals surface area contributed by atoms with Crippen LogP contribution >= 0.6 is 23.2 Å². The first kappa shape index (κ1) is 23.6. The predicted octanol–water partition coefficient (Wildman–Crippen LogP) is 6.39. The maximum absolute atomic E-state index is 14.4. The maximum atomic E-state index is 14.4. The summed E-state index contributed by atoms with van der Waals surface area (Å²) in [5.74, 6) is -3.07. The Morgan fingerprint density at radius 1 is 0.943 bits per heavy atom. The van der Waals surface area contributed by atoms with Crippen molar-refractivity contribution in [2.75, 3.05) is 5.32 Å². The Kier molecular flexibility index (Phi) is 5.56. The second-order valence-corrected chi connectivity index (χ2v) is 9.43. The number of rotatable bonds is 2. The molecule has 1 saturated heterocycles. The number of hydrogen-bond donors (Lipinski definition) is 2. The molecule has 2 amide bonds. The van der Waals surface area contributed by atoms with E-state index in [1.54, 1.807) is 30.3 Å². The lowest BCUT2D eigenvalue weighted by atomic mass is 9.59. The summed E-state index contributed by atoms with van der Waals surface area (Å²) in [6, 6.07) is 11.5. The summed E-state index contributed by atoms with van der Waals surface area (Å²) >= 11 is 12.3. The first-order valence-electron chi connectivity index (χ1n) is 10.5. The number of halogens is 6. The average Bonchev–Trinajstić information content (AvgIpc) is 3.05. The van der Waals surface area contributed by atoms with Gasteiger partial charge in [0.25, 0.3) is 0 Å². The van der Waals surface area contributed by atoms with Crippen LogP contribution in [0.15, 0.2) is 60.7 Å². The van der Waals surface area contributed by atoms with Gasteiger partial charge in [0.15, 0.2) is 0 Å². The van der Waals surface area contributed by atoms with Crippen molar-refractivity contribution in [3.05, 3.63) is 98.8 Å². The zero-order valence-electron chi connectivity index (χ0n) is 17.7. The molecular formula is C25H16Cl2F4N2O2. The van der Waals surface area contributed by atoms with Gasteiger partial charge in [-0.3, -0.25) is 9.59 Å². The number of anilines is 1. The third kappa shape index (κ3) is 3.76. The summed E-state index contributed by atoms with van der Waals surface area (Å²) in [5.41, 5.74) is -2.30. The molecule has 4 nitrogen and oxygen atoms in total. The lowest BCUT2D eigenvalue weighted by Gasteiger charge is -2.47. The van der Waals surface area contributed by atoms with Crippen LogP contribution in [0.3, 0.4) is 0 Å². The summed E-state index contributed by atoms with van der Waals surface area (Å²) in [5, 5.41) is 5.93. The molecule has 3 aromatic carbocycles. The summed E-state index contributed by atoms with van der Waals surface area (Å²) in [4.78, 5) is 26.7. The monoisotopic (exact) mass is 522 g/mol. The van der Waals surface area contributed by atoms with Gasteiger partial charge in [-0.15, -0.1) is 0 Å². The molecule has 2 aliphatic heterocycles. The highest BCUT2D eigenvalue weighted by Crippen LogP contribution is 2.58. The topological polar surface area (TPSA) is 58.2 Å². The minimum atomic E-state index is -4.87. The van der Waals surface area contributed by atoms with Gasteiger partial charge in [-0.2, -0.15) is 13.2 Å². The first-order valence-corrected chi connectivity index (χ1v) is 11.3. The van der Waals surface area contributed by atoms with Gasteiger partial charge in [-0.25, -0.2) is 4.39 Å². The molecule has 10 heteroatoms. The number of carbonyl (C=O) groups excluding carboxylic acids is 2. The Morgan fingerprint density at radius 3 is 2.40 bits per heavy atom. The molecule has 3 atom stereocenters. The molecule has 5 rings (SSSR count). The van der Waals surface area contributed by atoms with Crippen LogP contribution < -0.4 is 10.6 Å². The molecular weight excluding hydrogens is 507 g/mol. The number of carbonyl (C=O) groups is 2. The smallest absolute Gasteiger partial charge is 0.348 e. The Labute approximate surface area is 207 Å². The van der Waals surface area contributed by atoms with E-state index in [1.807, 2.05) is 0 Å². The average molecular weight is 523 g/mol. The van der Waals surface area contributed by atoms with E-state index in [0.717, 1.165) is 6.07 Å². The second-order valence-electron chi connectivity index (χ2n) is 8.55. The molecule has 1 spiro atoms. The Hall–Kier alpha value is -3.10. The van der Waals surface area contributed by atoms with Crippen LogP contribution in [-0.4, -0.2) is 11.8 Å². The molecule has 2 N–H and O–H groups in total. The third-order valence-electron chi connectivity index (χ3n) is 6.63. The van der Waals surface area contributed by atoms with E-state index in [0.29, 0.717) is 39.0 Å². The fourth-order valence-corrected chi connectivity index (χ4v) is 5.67. The van der Waals surface area contributed by atoms with Crippen LogP contribution in [0.25, 0.3) is 0 Å². The number of fused-ring (bicyclic) bond motifs is 2. The van der Waals surface area contributed by atoms with Crippen LogP contribution in [0.5, 0.6) is 0 Å². The molecule has 0 radical (unpaired) electrons. The van der Waals surface area contributed by atoms with Crippen molar-refractivity contribution < 1.29 is 27.2 Å². The number of hydrogen-bond acceptors (Lipinski definition) is 2. The molecule has 1 fully saturated rings. The summed E-state index contributed by atoms with van der Waals surface area (Å²) in [6.07, 6.45) is -5.07. The lowest BCUT2D eigenvalue weighted by Crippen LogP contribution is -2.57. The van der Waals surface area contributed by atoms with Crippen molar-refractivity contribution in [2.24, 2.45) is 0 Å². The van der Waals surface area contributed by atoms with Crippen molar-refractivity contribution >= 4 is 40.7 Å². The van der Waals surface area contributed by atoms with Crippen molar-refractivity contribution in [3.8, 4) is 0 Å². The zero-order valence-corrected chi connectivity index (χ0v) is 19.2. The molecule has 2 heterocycles. The maximum Gasteiger partial charge on any atom is 0.416 e. The molecule has 35 heavy (non-hydrogen) atoms. The SMILES string of the molecule is O=C1CC(c2cccc(Cl)c2)C2(C(=O)Nc3cc(Cl)ccc32)C(c2cc(F)ccc2C(F)(F)F)N1. The van der Waals surface area contributed by atoms with E-state index < -0.39 is 52.3 Å². The van der Waals surface area contributed by atoms with Gasteiger partial charge in [-0.05, 0) is 59.2 Å². The Morgan fingerprint density at radius 2 is 1.69 bits per heavy atom. The summed E-state index contributed by atoms with van der Waals surface area (Å²) < 4.78 is 56.5. The van der Waals surface area contributed by atoms with Crippen molar-refractivity contribution in [1.29, 1.82) is 0 Å². The number of piperidine rings is 1. The minimum Gasteiger partial charge on any atom is -0.348 e. The highest BCUT2D eigenvalue weighted by atomic mass is 35.5. The molecule has 3 aromatic rings. The minimum absolute atomic E-state index is 0.205. The number of alkyl halides is 3. The fraction of sp³-hybridized carbons (Fsp3) is 0.200. The normalized spacial score (nSPS) is 23.7. The highest BCUT2D eigenvalue weighted by molar-refractivity contribution is 6.31. The number of nitrogens with one attached hydrogen (secondary N) is 2. The molecule has 2 aliphatic rings. The van der Waals surface area contributed by atoms with Gasteiger partial charge >= 0.3 is 6.18 Å². The van der Waals surface area contributed by atoms with Gasteiger partial charge in [0.05, 0.1) is 11.6 Å². The van der Waals surface area contributed by atoms with Crippen molar-refractivity contribution in [2.45, 2.75) is 30.0 Å². The molecule has 0 aromatic heterocycles. The van der Waals surface area contributed by atoms with E-state index in [1.165, 1.54) is 12.1 Å². The number of amides is 2. The van der Waals surface area contributed by atoms with E-state index in [2.05, 4.69) is 10.6 Å². The van der Waals surface area contributed by atoms with E-state index in [4.69, 9.17) is 23.2 Å². The van der Waals surface area contributed by atoms with Crippen LogP contribution in [0.1, 0.15) is 40.6 Å². The molecule has 0 bridgehead atoms. The van der Waals surface area contributed by atoms with Gasteiger partial charge < -0.3 is 10.6 Å². The quantitative estimate of drug-likeness (QED) is 0.383. The van der Waals surface area contributed by atoms with Crippen LogP contribution in [0.2, 0.25) is 10.0 Å². The third-order valence-corrected chi connectivity index (χ3v) is 7.10. The summed E-state index contributed by atoms with van der Waals surface area (Å²) in [6.45, 7) is 0. The van der Waals surface area contributed by atoms with Gasteiger partial charge in [0, 0.05) is 28.1 Å². The van der Waals surface area contributed by atoms with Crippen LogP contribution in [0, 0.1) is 5.82 Å². The van der Waals surface area contributed by atoms with Crippen molar-refractivity contribution in [3.63, 3.8) is 0 Å². The van der Waals surface area contributed by atoms with Crippen LogP contribution in [0.4, 0.5) is 23.2 Å². The number of benzene rings is 3. The predicted molar refractivity (Wildman–Crippen MR) is 123 cm³/mol. The largest absolute Gasteiger partial charge is 0.416 e. The lowest BCUT2D eigenvalue weighted by molar-refractivity contribution is -0.141. The Balaban J connectivity index is 1.86. The van der Waals surface area contributed by atoms with Gasteiger partial charge in [-0.1, -0.05) is 41.4 Å². The first-order chi connectivity index (χ1) is 16.5. The highest BCUT2D eigenvalue weighted by Gasteiger charge is 2.62. The van der Waals surface area contributed by atoms with E-state index >= 15 is 0 Å². The molecule has 0 aliphatic carbocycles. The zero-order chi connectivity index (χ0) is 25.1. The molecule has 180 valence electrons.